The van der Waals surface area contributed by atoms with Crippen LogP contribution in [0.4, 0.5) is 5.69 Å². The van der Waals surface area contributed by atoms with Crippen molar-refractivity contribution in [1.82, 2.24) is 9.97 Å². The van der Waals surface area contributed by atoms with Crippen molar-refractivity contribution in [3.8, 4) is 0 Å². The van der Waals surface area contributed by atoms with Gasteiger partial charge in [-0.05, 0) is 55.4 Å². The second-order valence-corrected chi connectivity index (χ2v) is 6.90. The number of benzene rings is 1. The summed E-state index contributed by atoms with van der Waals surface area (Å²) in [5.74, 6) is -1.38. The van der Waals surface area contributed by atoms with E-state index >= 15 is 0 Å². The molecule has 1 aliphatic carbocycles. The lowest BCUT2D eigenvalue weighted by atomic mass is 9.91. The molecule has 0 saturated heterocycles. The van der Waals surface area contributed by atoms with Crippen molar-refractivity contribution in [1.29, 1.82) is 0 Å². The number of hydrogen-bond acceptors (Lipinski definition) is 4. The van der Waals surface area contributed by atoms with Crippen molar-refractivity contribution < 1.29 is 19.5 Å². The fraction of sp³-hybridized carbons (Fsp3) is 0.333. The maximum absolute atomic E-state index is 12.6. The minimum absolute atomic E-state index is 0.0599. The maximum Gasteiger partial charge on any atom is 0.303 e. The molecular weight excluding hydrogens is 358 g/mol. The summed E-state index contributed by atoms with van der Waals surface area (Å²) in [7, 11) is 0. The van der Waals surface area contributed by atoms with Crippen molar-refractivity contribution in [2.24, 2.45) is 0 Å². The molecule has 1 aromatic carbocycles. The number of H-pyrrole nitrogens is 1. The minimum atomic E-state index is -0.838. The van der Waals surface area contributed by atoms with Crippen LogP contribution in [0.15, 0.2) is 30.5 Å². The van der Waals surface area contributed by atoms with Crippen LogP contribution in [0.1, 0.15) is 71.3 Å². The summed E-state index contributed by atoms with van der Waals surface area (Å²) in [5.41, 5.74) is 3.91. The number of carbonyl (C=O) groups excluding carboxylic acids is 2. The Morgan fingerprint density at radius 3 is 2.71 bits per heavy atom. The molecule has 1 heterocycles. The lowest BCUT2D eigenvalue weighted by molar-refractivity contribution is -0.136. The van der Waals surface area contributed by atoms with E-state index in [1.807, 2.05) is 12.1 Å². The second kappa shape index (κ2) is 8.65. The number of ketones is 1. The number of carbonyl (C=O) groups is 3. The Morgan fingerprint density at radius 2 is 2.07 bits per heavy atom. The second-order valence-electron chi connectivity index (χ2n) is 6.90. The molecular formula is C21H23N3O4. The van der Waals surface area contributed by atoms with E-state index in [0.717, 1.165) is 42.4 Å². The number of carboxylic acid groups (broad SMARTS) is 1. The van der Waals surface area contributed by atoms with Crippen LogP contribution in [0.25, 0.3) is 5.57 Å². The fourth-order valence-electron chi connectivity index (χ4n) is 3.25. The van der Waals surface area contributed by atoms with Crippen molar-refractivity contribution in [2.75, 3.05) is 5.32 Å². The number of rotatable bonds is 7. The van der Waals surface area contributed by atoms with E-state index in [9.17, 15) is 14.4 Å². The third-order valence-electron chi connectivity index (χ3n) is 4.77. The third kappa shape index (κ3) is 4.73. The molecule has 2 aromatic rings. The first kappa shape index (κ1) is 19.5. The van der Waals surface area contributed by atoms with Crippen LogP contribution in [0.5, 0.6) is 0 Å². The monoisotopic (exact) mass is 381 g/mol. The largest absolute Gasteiger partial charge is 0.481 e. The highest BCUT2D eigenvalue weighted by atomic mass is 16.4. The van der Waals surface area contributed by atoms with Crippen molar-refractivity contribution in [2.45, 2.75) is 45.4 Å². The first-order valence-corrected chi connectivity index (χ1v) is 9.35. The molecule has 146 valence electrons. The molecule has 3 N–H and O–H groups in total. The number of Topliss-reactive ketones (excluding diaryl/α,β-unsaturated/α-hetero) is 1. The van der Waals surface area contributed by atoms with Crippen LogP contribution in [0.2, 0.25) is 0 Å². The van der Waals surface area contributed by atoms with Crippen LogP contribution in [-0.4, -0.2) is 32.7 Å². The van der Waals surface area contributed by atoms with Gasteiger partial charge in [-0.15, -0.1) is 0 Å². The zero-order chi connectivity index (χ0) is 20.1. The summed E-state index contributed by atoms with van der Waals surface area (Å²) in [6, 6.07) is 5.59. The van der Waals surface area contributed by atoms with Crippen LogP contribution < -0.4 is 5.32 Å². The molecule has 0 spiro atoms. The van der Waals surface area contributed by atoms with Gasteiger partial charge in [0.1, 0.15) is 5.69 Å². The van der Waals surface area contributed by atoms with Gasteiger partial charge in [-0.3, -0.25) is 14.4 Å². The molecule has 1 aliphatic rings. The smallest absolute Gasteiger partial charge is 0.303 e. The number of aromatic amines is 1. The number of allylic oxidation sites excluding steroid dienone is 2. The number of nitrogens with zero attached hydrogens (tertiary/aromatic N) is 1. The molecule has 0 saturated carbocycles. The lowest BCUT2D eigenvalue weighted by Crippen LogP contribution is -2.15. The highest BCUT2D eigenvalue weighted by molar-refractivity contribution is 6.04. The van der Waals surface area contributed by atoms with E-state index in [1.54, 1.807) is 6.07 Å². The molecule has 0 aliphatic heterocycles. The van der Waals surface area contributed by atoms with Crippen LogP contribution in [0, 0.1) is 0 Å². The third-order valence-corrected chi connectivity index (χ3v) is 4.77. The number of hydrogen-bond donors (Lipinski definition) is 3. The topological polar surface area (TPSA) is 112 Å². The van der Waals surface area contributed by atoms with Gasteiger partial charge in [0.15, 0.2) is 11.6 Å². The predicted molar refractivity (Wildman–Crippen MR) is 105 cm³/mol. The molecule has 0 radical (unpaired) electrons. The average Bonchev–Trinajstić information content (AvgIpc) is 3.18. The standard InChI is InChI=1S/C21H23N3O4/c1-13(25)18-12-22-20(23-18)21(28)24-17-9-7-14(8-10-19(26)27)11-16(17)15-5-3-2-4-6-15/h5,7,9,11-12H,2-4,6,8,10H2,1H3,(H,22,23)(H,24,28)(H,26,27). The summed E-state index contributed by atoms with van der Waals surface area (Å²) in [5, 5.41) is 11.8. The Balaban J connectivity index is 1.87. The molecule has 28 heavy (non-hydrogen) atoms. The van der Waals surface area contributed by atoms with Gasteiger partial charge in [0.25, 0.3) is 5.91 Å². The normalized spacial score (nSPS) is 13.7. The Labute approximate surface area is 162 Å². The number of aromatic nitrogens is 2. The van der Waals surface area contributed by atoms with Gasteiger partial charge < -0.3 is 15.4 Å². The first-order valence-electron chi connectivity index (χ1n) is 9.35. The number of imidazole rings is 1. The van der Waals surface area contributed by atoms with Gasteiger partial charge in [0.2, 0.25) is 0 Å². The van der Waals surface area contributed by atoms with Crippen molar-refractivity contribution >= 4 is 28.9 Å². The van der Waals surface area contributed by atoms with Crippen molar-refractivity contribution in [3.05, 3.63) is 53.1 Å². The minimum Gasteiger partial charge on any atom is -0.481 e. The quantitative estimate of drug-likeness (QED) is 0.631. The number of aliphatic carboxylic acids is 1. The number of aryl methyl sites for hydroxylation is 1. The molecule has 7 heteroatoms. The van der Waals surface area contributed by atoms with Gasteiger partial charge >= 0.3 is 5.97 Å². The van der Waals surface area contributed by atoms with E-state index < -0.39 is 11.9 Å². The van der Waals surface area contributed by atoms with Crippen LogP contribution in [0.3, 0.4) is 0 Å². The summed E-state index contributed by atoms with van der Waals surface area (Å²) in [6.07, 6.45) is 8.15. The van der Waals surface area contributed by atoms with Crippen LogP contribution in [-0.2, 0) is 11.2 Å². The van der Waals surface area contributed by atoms with Gasteiger partial charge in [-0.25, -0.2) is 4.98 Å². The molecule has 3 rings (SSSR count). The van der Waals surface area contributed by atoms with Gasteiger partial charge in [0.05, 0.1) is 6.20 Å². The van der Waals surface area contributed by atoms with Gasteiger partial charge in [0, 0.05) is 24.6 Å². The Hall–Kier alpha value is -3.22. The van der Waals surface area contributed by atoms with Crippen LogP contribution >= 0.6 is 0 Å². The van der Waals surface area contributed by atoms with Gasteiger partial charge in [-0.2, -0.15) is 0 Å². The summed E-state index contributed by atoms with van der Waals surface area (Å²) in [4.78, 5) is 41.5. The first-order chi connectivity index (χ1) is 13.4. The summed E-state index contributed by atoms with van der Waals surface area (Å²) < 4.78 is 0. The molecule has 1 amide bonds. The predicted octanol–water partition coefficient (Wildman–Crippen LogP) is 3.84. The van der Waals surface area contributed by atoms with Gasteiger partial charge in [-0.1, -0.05) is 12.1 Å². The molecule has 7 nitrogen and oxygen atoms in total. The Bertz CT molecular complexity index is 943. The highest BCUT2D eigenvalue weighted by Gasteiger charge is 2.17. The molecule has 0 atom stereocenters. The zero-order valence-corrected chi connectivity index (χ0v) is 15.7. The number of anilines is 1. The molecule has 1 aromatic heterocycles. The number of carboxylic acids is 1. The zero-order valence-electron chi connectivity index (χ0n) is 15.7. The molecule has 0 fully saturated rings. The maximum atomic E-state index is 12.6. The van der Waals surface area contributed by atoms with Crippen molar-refractivity contribution in [3.63, 3.8) is 0 Å². The Kier molecular flexibility index (Phi) is 6.03. The Morgan fingerprint density at radius 1 is 1.25 bits per heavy atom. The summed E-state index contributed by atoms with van der Waals surface area (Å²) in [6.45, 7) is 1.40. The molecule has 0 unspecified atom stereocenters. The van der Waals surface area contributed by atoms with E-state index in [-0.39, 0.29) is 23.7 Å². The van der Waals surface area contributed by atoms with E-state index in [2.05, 4.69) is 21.4 Å². The summed E-state index contributed by atoms with van der Waals surface area (Å²) >= 11 is 0. The van der Waals surface area contributed by atoms with E-state index in [4.69, 9.17) is 5.11 Å². The fourth-order valence-corrected chi connectivity index (χ4v) is 3.25. The van der Waals surface area contributed by atoms with E-state index in [1.165, 1.54) is 13.1 Å². The molecule has 0 bridgehead atoms. The average molecular weight is 381 g/mol. The number of nitrogens with one attached hydrogen (secondary N) is 2. The lowest BCUT2D eigenvalue weighted by Gasteiger charge is -2.18. The number of amides is 1. The highest BCUT2D eigenvalue weighted by Crippen LogP contribution is 2.33. The SMILES string of the molecule is CC(=O)c1cnc(C(=O)Nc2ccc(CCC(=O)O)cc2C2=CCCCC2)[nH]1. The van der Waals surface area contributed by atoms with E-state index in [0.29, 0.717) is 12.1 Å².